The molecule has 0 spiro atoms. The predicted octanol–water partition coefficient (Wildman–Crippen LogP) is 2.30. The van der Waals surface area contributed by atoms with Gasteiger partial charge < -0.3 is 10.2 Å². The molecular formula is C9H9F3O2. The van der Waals surface area contributed by atoms with Crippen molar-refractivity contribution in [1.82, 2.24) is 0 Å². The van der Waals surface area contributed by atoms with Crippen LogP contribution in [0.25, 0.3) is 0 Å². The van der Waals surface area contributed by atoms with Gasteiger partial charge in [0.25, 0.3) is 0 Å². The maximum absolute atomic E-state index is 12.1. The van der Waals surface area contributed by atoms with Gasteiger partial charge in [0.1, 0.15) is 5.75 Å². The van der Waals surface area contributed by atoms with E-state index < -0.39 is 23.6 Å². The number of phenols is 1. The first-order valence-electron chi connectivity index (χ1n) is 3.86. The topological polar surface area (TPSA) is 40.5 Å². The Morgan fingerprint density at radius 1 is 1.29 bits per heavy atom. The van der Waals surface area contributed by atoms with Gasteiger partial charge in [-0.05, 0) is 18.6 Å². The maximum Gasteiger partial charge on any atom is 0.418 e. The molecule has 2 nitrogen and oxygen atoms in total. The highest BCUT2D eigenvalue weighted by Gasteiger charge is 2.40. The highest BCUT2D eigenvalue weighted by atomic mass is 19.4. The van der Waals surface area contributed by atoms with Crippen molar-refractivity contribution in [2.45, 2.75) is 19.2 Å². The van der Waals surface area contributed by atoms with Crippen LogP contribution in [0.1, 0.15) is 17.2 Å². The van der Waals surface area contributed by atoms with Crippen LogP contribution < -0.4 is 0 Å². The number of halogens is 3. The Morgan fingerprint density at radius 2 is 1.86 bits per heavy atom. The van der Waals surface area contributed by atoms with Crippen LogP contribution in [0.5, 0.6) is 5.75 Å². The lowest BCUT2D eigenvalue weighted by Gasteiger charge is -2.16. The van der Waals surface area contributed by atoms with Gasteiger partial charge in [-0.3, -0.25) is 0 Å². The lowest BCUT2D eigenvalue weighted by Crippen LogP contribution is -2.20. The second kappa shape index (κ2) is 3.49. The standard InChI is InChI=1S/C9H9F3O2/c1-5-2-3-6(7(13)4-5)8(14)9(10,11)12/h2-4,8,13-14H,1H3/t8-/m0/s1. The van der Waals surface area contributed by atoms with Gasteiger partial charge in [-0.1, -0.05) is 12.1 Å². The van der Waals surface area contributed by atoms with Crippen LogP contribution in [0.2, 0.25) is 0 Å². The Morgan fingerprint density at radius 3 is 2.29 bits per heavy atom. The van der Waals surface area contributed by atoms with Crippen molar-refractivity contribution < 1.29 is 23.4 Å². The number of benzene rings is 1. The fraction of sp³-hybridized carbons (Fsp3) is 0.333. The van der Waals surface area contributed by atoms with Crippen molar-refractivity contribution in [3.05, 3.63) is 29.3 Å². The number of aliphatic hydroxyl groups excluding tert-OH is 1. The molecule has 0 heterocycles. The number of aliphatic hydroxyl groups is 1. The molecule has 1 aromatic carbocycles. The molecule has 1 rings (SSSR count). The van der Waals surface area contributed by atoms with E-state index in [9.17, 15) is 13.2 Å². The minimum Gasteiger partial charge on any atom is -0.508 e. The number of alkyl halides is 3. The van der Waals surface area contributed by atoms with Gasteiger partial charge in [-0.15, -0.1) is 0 Å². The Hall–Kier alpha value is -1.23. The molecule has 0 aliphatic heterocycles. The monoisotopic (exact) mass is 206 g/mol. The molecule has 1 atom stereocenters. The van der Waals surface area contributed by atoms with Crippen LogP contribution in [0.15, 0.2) is 18.2 Å². The fourth-order valence-corrected chi connectivity index (χ4v) is 1.06. The minimum atomic E-state index is -4.76. The molecule has 0 aromatic heterocycles. The normalized spacial score (nSPS) is 14.1. The third-order valence-electron chi connectivity index (χ3n) is 1.79. The molecule has 1 aromatic rings. The molecule has 0 bridgehead atoms. The largest absolute Gasteiger partial charge is 0.508 e. The Labute approximate surface area is 78.6 Å². The maximum atomic E-state index is 12.1. The highest BCUT2D eigenvalue weighted by Crippen LogP contribution is 2.36. The highest BCUT2D eigenvalue weighted by molar-refractivity contribution is 5.37. The van der Waals surface area contributed by atoms with Gasteiger partial charge in [-0.25, -0.2) is 0 Å². The molecule has 0 aliphatic rings. The Kier molecular flexibility index (Phi) is 2.71. The number of rotatable bonds is 1. The number of hydrogen-bond acceptors (Lipinski definition) is 2. The average Bonchev–Trinajstić information content (AvgIpc) is 2.01. The van der Waals surface area contributed by atoms with Crippen LogP contribution >= 0.6 is 0 Å². The summed E-state index contributed by atoms with van der Waals surface area (Å²) in [4.78, 5) is 0. The van der Waals surface area contributed by atoms with Crippen LogP contribution in [0.4, 0.5) is 13.2 Å². The van der Waals surface area contributed by atoms with E-state index in [1.165, 1.54) is 12.1 Å². The van der Waals surface area contributed by atoms with E-state index in [0.29, 0.717) is 5.56 Å². The summed E-state index contributed by atoms with van der Waals surface area (Å²) >= 11 is 0. The van der Waals surface area contributed by atoms with E-state index in [-0.39, 0.29) is 0 Å². The van der Waals surface area contributed by atoms with E-state index in [1.807, 2.05) is 0 Å². The molecule has 0 amide bonds. The number of aryl methyl sites for hydroxylation is 1. The molecule has 0 saturated carbocycles. The van der Waals surface area contributed by atoms with Gasteiger partial charge in [0, 0.05) is 5.56 Å². The SMILES string of the molecule is Cc1ccc([C@H](O)C(F)(F)F)c(O)c1. The quantitative estimate of drug-likeness (QED) is 0.740. The first-order valence-corrected chi connectivity index (χ1v) is 3.86. The lowest BCUT2D eigenvalue weighted by molar-refractivity contribution is -0.207. The molecule has 78 valence electrons. The van der Waals surface area contributed by atoms with Gasteiger partial charge in [-0.2, -0.15) is 13.2 Å². The van der Waals surface area contributed by atoms with Crippen molar-refractivity contribution in [3.8, 4) is 5.75 Å². The first-order chi connectivity index (χ1) is 6.32. The summed E-state index contributed by atoms with van der Waals surface area (Å²) in [5.74, 6) is -0.546. The van der Waals surface area contributed by atoms with Crippen molar-refractivity contribution in [2.24, 2.45) is 0 Å². The van der Waals surface area contributed by atoms with E-state index in [4.69, 9.17) is 10.2 Å². The zero-order valence-corrected chi connectivity index (χ0v) is 7.34. The molecule has 0 fully saturated rings. The van der Waals surface area contributed by atoms with Crippen molar-refractivity contribution in [2.75, 3.05) is 0 Å². The molecule has 5 heteroatoms. The number of phenolic OH excluding ortho intramolecular Hbond substituents is 1. The zero-order valence-electron chi connectivity index (χ0n) is 7.34. The second-order valence-electron chi connectivity index (χ2n) is 3.01. The van der Waals surface area contributed by atoms with E-state index in [1.54, 1.807) is 6.92 Å². The van der Waals surface area contributed by atoms with Crippen LogP contribution in [0.3, 0.4) is 0 Å². The predicted molar refractivity (Wildman–Crippen MR) is 43.9 cm³/mol. The van der Waals surface area contributed by atoms with Gasteiger partial charge in [0.2, 0.25) is 0 Å². The Bertz CT molecular complexity index is 333. The summed E-state index contributed by atoms with van der Waals surface area (Å²) in [5.41, 5.74) is 0.101. The molecule has 0 aliphatic carbocycles. The number of hydrogen-bond donors (Lipinski definition) is 2. The third kappa shape index (κ3) is 2.17. The van der Waals surface area contributed by atoms with Gasteiger partial charge in [0.05, 0.1) is 0 Å². The number of aromatic hydroxyl groups is 1. The summed E-state index contributed by atoms with van der Waals surface area (Å²) < 4.78 is 36.2. The van der Waals surface area contributed by atoms with Crippen LogP contribution in [0, 0.1) is 6.92 Å². The van der Waals surface area contributed by atoms with E-state index in [0.717, 1.165) is 6.07 Å². The molecule has 14 heavy (non-hydrogen) atoms. The molecule has 0 saturated heterocycles. The Balaban J connectivity index is 3.08. The second-order valence-corrected chi connectivity index (χ2v) is 3.01. The summed E-state index contributed by atoms with van der Waals surface area (Å²) in [5, 5.41) is 18.0. The van der Waals surface area contributed by atoms with E-state index in [2.05, 4.69) is 0 Å². The van der Waals surface area contributed by atoms with Crippen molar-refractivity contribution >= 4 is 0 Å². The fourth-order valence-electron chi connectivity index (χ4n) is 1.06. The summed E-state index contributed by atoms with van der Waals surface area (Å²) in [6.45, 7) is 1.63. The smallest absolute Gasteiger partial charge is 0.418 e. The summed E-state index contributed by atoms with van der Waals surface area (Å²) in [6, 6.07) is 3.62. The first kappa shape index (κ1) is 10.8. The molecule has 0 radical (unpaired) electrons. The summed E-state index contributed by atoms with van der Waals surface area (Å²) in [6.07, 6.45) is -7.39. The van der Waals surface area contributed by atoms with Crippen LogP contribution in [-0.2, 0) is 0 Å². The van der Waals surface area contributed by atoms with Crippen molar-refractivity contribution in [3.63, 3.8) is 0 Å². The van der Waals surface area contributed by atoms with E-state index >= 15 is 0 Å². The van der Waals surface area contributed by atoms with Gasteiger partial charge >= 0.3 is 6.18 Å². The third-order valence-corrected chi connectivity index (χ3v) is 1.79. The van der Waals surface area contributed by atoms with Crippen molar-refractivity contribution in [1.29, 1.82) is 0 Å². The molecular weight excluding hydrogens is 197 g/mol. The van der Waals surface area contributed by atoms with Crippen LogP contribution in [-0.4, -0.2) is 16.4 Å². The molecule has 0 unspecified atom stereocenters. The molecule has 2 N–H and O–H groups in total. The summed E-state index contributed by atoms with van der Waals surface area (Å²) in [7, 11) is 0. The van der Waals surface area contributed by atoms with Gasteiger partial charge in [0.15, 0.2) is 6.10 Å². The lowest BCUT2D eigenvalue weighted by atomic mass is 10.1. The average molecular weight is 206 g/mol. The minimum absolute atomic E-state index is 0.525. The zero-order chi connectivity index (χ0) is 10.9.